The zero-order chi connectivity index (χ0) is 27.2. The van der Waals surface area contributed by atoms with Gasteiger partial charge in [-0.1, -0.05) is 27.7 Å². The molecule has 210 valence electrons. The minimum absolute atomic E-state index is 0.0691. The topological polar surface area (TPSA) is 123 Å². The number of aromatic nitrogens is 1. The Hall–Kier alpha value is -2.23. The molecule has 5 rings (SSSR count). The first-order chi connectivity index (χ1) is 18.1. The van der Waals surface area contributed by atoms with E-state index >= 15 is 0 Å². The van der Waals surface area contributed by atoms with E-state index in [1.165, 1.54) is 0 Å². The molecule has 9 nitrogen and oxygen atoms in total. The number of Topliss-reactive ketones (excluding diaryl/α,β-unsaturated/α-hetero) is 1. The van der Waals surface area contributed by atoms with Crippen LogP contribution >= 0.6 is 0 Å². The van der Waals surface area contributed by atoms with E-state index in [1.807, 2.05) is 6.92 Å². The van der Waals surface area contributed by atoms with E-state index in [0.717, 1.165) is 38.6 Å². The zero-order valence-electron chi connectivity index (χ0n) is 23.3. The van der Waals surface area contributed by atoms with Crippen LogP contribution in [0.4, 0.5) is 0 Å². The molecule has 9 heteroatoms. The summed E-state index contributed by atoms with van der Waals surface area (Å²) in [5.74, 6) is 0.142. The molecule has 8 atom stereocenters. The smallest absolute Gasteiger partial charge is 0.339 e. The molecule has 3 N–H and O–H groups in total. The molecule has 3 saturated heterocycles. The molecular weight excluding hydrogens is 486 g/mol. The summed E-state index contributed by atoms with van der Waals surface area (Å²) in [6, 6.07) is -0.0691. The van der Waals surface area contributed by atoms with E-state index in [1.54, 1.807) is 7.05 Å². The third kappa shape index (κ3) is 4.93. The number of nitrogens with one attached hydrogen (secondary N) is 2. The van der Waals surface area contributed by atoms with Crippen molar-refractivity contribution in [2.75, 3.05) is 13.6 Å². The van der Waals surface area contributed by atoms with Crippen molar-refractivity contribution in [2.24, 2.45) is 23.7 Å². The van der Waals surface area contributed by atoms with Crippen LogP contribution in [0.15, 0.2) is 10.1 Å². The number of aliphatic carboxylic acids is 1. The molecule has 0 bridgehead atoms. The number of carboxylic acids is 1. The highest BCUT2D eigenvalue weighted by atomic mass is 16.7. The normalized spacial score (nSPS) is 36.2. The second-order valence-electron chi connectivity index (χ2n) is 12.0. The lowest BCUT2D eigenvalue weighted by atomic mass is 9.75. The Bertz CT molecular complexity index is 1090. The third-order valence-corrected chi connectivity index (χ3v) is 9.43. The lowest BCUT2D eigenvalue weighted by molar-refractivity contribution is -0.356. The second kappa shape index (κ2) is 10.7. The van der Waals surface area contributed by atoms with Crippen LogP contribution in [0, 0.1) is 23.7 Å². The molecular formula is C29H43N3O6. The maximum Gasteiger partial charge on any atom is 0.339 e. The highest BCUT2D eigenvalue weighted by Crippen LogP contribution is 2.48. The number of aryl methyl sites for hydroxylation is 1. The molecule has 4 aliphatic rings. The van der Waals surface area contributed by atoms with E-state index in [4.69, 9.17) is 13.9 Å². The molecule has 3 fully saturated rings. The summed E-state index contributed by atoms with van der Waals surface area (Å²) >= 11 is 0. The van der Waals surface area contributed by atoms with Crippen molar-refractivity contribution in [2.45, 2.75) is 103 Å². The van der Waals surface area contributed by atoms with Gasteiger partial charge in [0.1, 0.15) is 17.0 Å². The highest BCUT2D eigenvalue weighted by Gasteiger charge is 2.53. The first-order valence-corrected chi connectivity index (χ1v) is 14.4. The van der Waals surface area contributed by atoms with Gasteiger partial charge in [-0.05, 0) is 50.5 Å². The van der Waals surface area contributed by atoms with Gasteiger partial charge in [0.05, 0.1) is 24.7 Å². The summed E-state index contributed by atoms with van der Waals surface area (Å²) < 4.78 is 19.8. The molecule has 1 aliphatic carbocycles. The number of fused-ring (bicyclic) bond motifs is 1. The monoisotopic (exact) mass is 529 g/mol. The summed E-state index contributed by atoms with van der Waals surface area (Å²) in [5.41, 5.74) is 1.28. The number of rotatable bonds is 7. The van der Waals surface area contributed by atoms with Crippen LogP contribution in [0.1, 0.15) is 83.6 Å². The molecule has 38 heavy (non-hydrogen) atoms. The first-order valence-electron chi connectivity index (χ1n) is 14.4. The van der Waals surface area contributed by atoms with Crippen LogP contribution in [0.5, 0.6) is 0 Å². The number of hydrogen-bond acceptors (Lipinski definition) is 8. The highest BCUT2D eigenvalue weighted by molar-refractivity contribution is 6.16. The fourth-order valence-corrected chi connectivity index (χ4v) is 7.09. The summed E-state index contributed by atoms with van der Waals surface area (Å²) in [4.78, 5) is 29.9. The number of oxazole rings is 1. The number of nitrogens with zero attached hydrogens (tertiary/aromatic N) is 1. The largest absolute Gasteiger partial charge is 0.478 e. The zero-order valence-corrected chi connectivity index (χ0v) is 23.3. The molecule has 4 heterocycles. The van der Waals surface area contributed by atoms with Crippen LogP contribution in [-0.2, 0) is 31.9 Å². The van der Waals surface area contributed by atoms with Crippen molar-refractivity contribution in [3.05, 3.63) is 23.0 Å². The number of carboxylic acid groups (broad SMARTS) is 1. The molecule has 0 radical (unpaired) electrons. The van der Waals surface area contributed by atoms with Gasteiger partial charge in [0.2, 0.25) is 0 Å². The first kappa shape index (κ1) is 27.3. The summed E-state index contributed by atoms with van der Waals surface area (Å²) in [7, 11) is 1.74. The van der Waals surface area contributed by atoms with Crippen LogP contribution in [0.25, 0.3) is 5.57 Å². The number of hydrogen-bond donors (Lipinski definition) is 3. The average Bonchev–Trinajstić information content (AvgIpc) is 3.57. The second-order valence-corrected chi connectivity index (χ2v) is 12.0. The van der Waals surface area contributed by atoms with Gasteiger partial charge in [0.25, 0.3) is 0 Å². The molecule has 3 unspecified atom stereocenters. The average molecular weight is 530 g/mol. The van der Waals surface area contributed by atoms with E-state index in [9.17, 15) is 14.7 Å². The number of allylic oxidation sites excluding steroid dienone is 1. The van der Waals surface area contributed by atoms with Crippen molar-refractivity contribution in [1.29, 1.82) is 0 Å². The molecule has 0 saturated carbocycles. The minimum Gasteiger partial charge on any atom is -0.478 e. The summed E-state index contributed by atoms with van der Waals surface area (Å²) in [5, 5.41) is 16.2. The number of ether oxygens (including phenoxy) is 2. The Morgan fingerprint density at radius 2 is 1.97 bits per heavy atom. The van der Waals surface area contributed by atoms with Gasteiger partial charge in [0, 0.05) is 37.4 Å². The number of carbonyl (C=O) groups is 2. The molecule has 0 amide bonds. The van der Waals surface area contributed by atoms with Crippen molar-refractivity contribution in [3.63, 3.8) is 0 Å². The Balaban J connectivity index is 1.34. The molecule has 3 aliphatic heterocycles. The van der Waals surface area contributed by atoms with E-state index < -0.39 is 11.8 Å². The summed E-state index contributed by atoms with van der Waals surface area (Å²) in [6.45, 7) is 9.47. The Labute approximate surface area is 225 Å². The maximum atomic E-state index is 13.3. The van der Waals surface area contributed by atoms with Crippen LogP contribution in [0.3, 0.4) is 0 Å². The van der Waals surface area contributed by atoms with Crippen LogP contribution < -0.4 is 10.6 Å². The van der Waals surface area contributed by atoms with Gasteiger partial charge in [-0.3, -0.25) is 4.79 Å². The molecule has 1 aromatic rings. The van der Waals surface area contributed by atoms with E-state index in [0.29, 0.717) is 42.3 Å². The third-order valence-electron chi connectivity index (χ3n) is 9.43. The fraction of sp³-hybridized carbons (Fsp3) is 0.759. The van der Waals surface area contributed by atoms with Gasteiger partial charge >= 0.3 is 5.97 Å². The quantitative estimate of drug-likeness (QED) is 0.485. The van der Waals surface area contributed by atoms with Gasteiger partial charge in [-0.15, -0.1) is 0 Å². The van der Waals surface area contributed by atoms with Crippen molar-refractivity contribution in [3.8, 4) is 0 Å². The predicted octanol–water partition coefficient (Wildman–Crippen LogP) is 3.71. The van der Waals surface area contributed by atoms with Gasteiger partial charge in [-0.2, -0.15) is 0 Å². The van der Waals surface area contributed by atoms with E-state index in [2.05, 4.69) is 36.4 Å². The summed E-state index contributed by atoms with van der Waals surface area (Å²) in [6.07, 6.45) is 5.89. The number of carbonyl (C=O) groups excluding carboxylic acids is 1. The lowest BCUT2D eigenvalue weighted by Crippen LogP contribution is -2.59. The fourth-order valence-electron chi connectivity index (χ4n) is 7.09. The molecule has 0 aromatic carbocycles. The van der Waals surface area contributed by atoms with Gasteiger partial charge in [0.15, 0.2) is 17.5 Å². The van der Waals surface area contributed by atoms with Crippen LogP contribution in [0.2, 0.25) is 0 Å². The predicted molar refractivity (Wildman–Crippen MR) is 141 cm³/mol. The van der Waals surface area contributed by atoms with Crippen molar-refractivity contribution in [1.82, 2.24) is 15.6 Å². The minimum atomic E-state index is -1.00. The SMILES string of the molecule is CNC1=C(C(=O)O)c2nc(C[C@@H]3OC4(CC[C@@H]3C)O[C@H](C(C)C(=O)C3CCCN3)[C@H](C)C[C@H]4C)oc2CC1. The lowest BCUT2D eigenvalue weighted by Gasteiger charge is -2.53. The van der Waals surface area contributed by atoms with E-state index in [-0.39, 0.29) is 53.3 Å². The standard InChI is InChI=1S/C29H43N3O6/c1-15-10-11-29(17(3)13-16(2)27(38-29)18(4)26(33)20-7-6-12-31-20)37-22(15)14-23-32-25-21(36-23)9-8-19(30-5)24(25)28(34)35/h15-18,20,22,27,30-31H,6-14H2,1-5H3,(H,34,35)/t15-,16+,17+,18?,20?,22-,27-,29?/m0/s1. The molecule has 1 aromatic heterocycles. The van der Waals surface area contributed by atoms with Crippen molar-refractivity contribution >= 4 is 17.3 Å². The Morgan fingerprint density at radius 1 is 1.18 bits per heavy atom. The Morgan fingerprint density at radius 3 is 2.66 bits per heavy atom. The van der Waals surface area contributed by atoms with Crippen LogP contribution in [-0.4, -0.2) is 59.5 Å². The Kier molecular flexibility index (Phi) is 7.73. The molecule has 1 spiro atoms. The number of ketones is 1. The van der Waals surface area contributed by atoms with Crippen molar-refractivity contribution < 1.29 is 28.6 Å². The van der Waals surface area contributed by atoms with Gasteiger partial charge in [-0.25, -0.2) is 9.78 Å². The van der Waals surface area contributed by atoms with Gasteiger partial charge < -0.3 is 29.6 Å². The maximum absolute atomic E-state index is 13.3.